The molecule has 0 atom stereocenters. The third-order valence-electron chi connectivity index (χ3n) is 2.90. The first kappa shape index (κ1) is 14.2. The van der Waals surface area contributed by atoms with Crippen molar-refractivity contribution in [3.8, 4) is 0 Å². The predicted octanol–water partition coefficient (Wildman–Crippen LogP) is 4.45. The van der Waals surface area contributed by atoms with Gasteiger partial charge in [0.1, 0.15) is 5.78 Å². The molecule has 0 aromatic heterocycles. The standard InChI is InChI=1S/C15H21ClO/c1-4-13-7-6-12(10-15(13)16)9-14(17)8-5-11(2)3/h6-7,10-11H,4-5,8-9H2,1-3H3. The molecule has 0 unspecified atom stereocenters. The number of rotatable bonds is 6. The summed E-state index contributed by atoms with van der Waals surface area (Å²) >= 11 is 6.13. The molecule has 0 saturated heterocycles. The summed E-state index contributed by atoms with van der Waals surface area (Å²) in [6.07, 6.45) is 3.08. The summed E-state index contributed by atoms with van der Waals surface area (Å²) in [5.74, 6) is 0.893. The Morgan fingerprint density at radius 3 is 2.59 bits per heavy atom. The topological polar surface area (TPSA) is 17.1 Å². The van der Waals surface area contributed by atoms with Crippen molar-refractivity contribution in [3.05, 3.63) is 34.3 Å². The molecule has 0 bridgehead atoms. The number of hydrogen-bond acceptors (Lipinski definition) is 1. The highest BCUT2D eigenvalue weighted by Gasteiger charge is 2.07. The van der Waals surface area contributed by atoms with Crippen LogP contribution in [0.1, 0.15) is 44.7 Å². The molecule has 0 aliphatic heterocycles. The van der Waals surface area contributed by atoms with Gasteiger partial charge in [-0.1, -0.05) is 44.5 Å². The Bertz CT molecular complexity index is 383. The van der Waals surface area contributed by atoms with E-state index in [1.54, 1.807) is 0 Å². The fourth-order valence-corrected chi connectivity index (χ4v) is 2.09. The molecular formula is C15H21ClO. The van der Waals surface area contributed by atoms with Crippen LogP contribution in [0, 0.1) is 5.92 Å². The van der Waals surface area contributed by atoms with Crippen molar-refractivity contribution >= 4 is 17.4 Å². The Hall–Kier alpha value is -0.820. The number of hydrogen-bond donors (Lipinski definition) is 0. The first-order valence-corrected chi connectivity index (χ1v) is 6.69. The van der Waals surface area contributed by atoms with Gasteiger partial charge in [-0.05, 0) is 36.0 Å². The zero-order valence-electron chi connectivity index (χ0n) is 10.9. The smallest absolute Gasteiger partial charge is 0.137 e. The van der Waals surface area contributed by atoms with E-state index in [0.717, 1.165) is 29.0 Å². The van der Waals surface area contributed by atoms with Crippen LogP contribution < -0.4 is 0 Å². The monoisotopic (exact) mass is 252 g/mol. The second-order valence-corrected chi connectivity index (χ2v) is 5.33. The van der Waals surface area contributed by atoms with E-state index < -0.39 is 0 Å². The van der Waals surface area contributed by atoms with Crippen LogP contribution in [0.2, 0.25) is 5.02 Å². The molecule has 0 aliphatic rings. The molecule has 1 aromatic carbocycles. The molecule has 1 nitrogen and oxygen atoms in total. The molecule has 0 saturated carbocycles. The molecule has 0 spiro atoms. The quantitative estimate of drug-likeness (QED) is 0.731. The van der Waals surface area contributed by atoms with E-state index in [1.807, 2.05) is 18.2 Å². The lowest BCUT2D eigenvalue weighted by Gasteiger charge is -2.06. The highest BCUT2D eigenvalue weighted by molar-refractivity contribution is 6.31. The van der Waals surface area contributed by atoms with Gasteiger partial charge in [0.2, 0.25) is 0 Å². The molecule has 0 amide bonds. The lowest BCUT2D eigenvalue weighted by Crippen LogP contribution is -2.04. The summed E-state index contributed by atoms with van der Waals surface area (Å²) in [7, 11) is 0. The molecule has 0 radical (unpaired) electrons. The summed E-state index contributed by atoms with van der Waals surface area (Å²) in [5.41, 5.74) is 2.17. The lowest BCUT2D eigenvalue weighted by atomic mass is 10.0. The van der Waals surface area contributed by atoms with Gasteiger partial charge >= 0.3 is 0 Å². The molecule has 94 valence electrons. The van der Waals surface area contributed by atoms with E-state index in [-0.39, 0.29) is 0 Å². The minimum absolute atomic E-state index is 0.305. The van der Waals surface area contributed by atoms with Crippen molar-refractivity contribution in [1.82, 2.24) is 0 Å². The van der Waals surface area contributed by atoms with Crippen LogP contribution in [0.4, 0.5) is 0 Å². The Morgan fingerprint density at radius 2 is 2.06 bits per heavy atom. The van der Waals surface area contributed by atoms with E-state index in [0.29, 0.717) is 24.5 Å². The average molecular weight is 253 g/mol. The fraction of sp³-hybridized carbons (Fsp3) is 0.533. The molecule has 1 aromatic rings. The number of carbonyl (C=O) groups excluding carboxylic acids is 1. The van der Waals surface area contributed by atoms with Crippen LogP contribution >= 0.6 is 11.6 Å². The fourth-order valence-electron chi connectivity index (χ4n) is 1.75. The maximum atomic E-state index is 11.7. The van der Waals surface area contributed by atoms with Crippen LogP contribution in [-0.4, -0.2) is 5.78 Å². The van der Waals surface area contributed by atoms with Crippen molar-refractivity contribution < 1.29 is 4.79 Å². The summed E-state index contributed by atoms with van der Waals surface area (Å²) in [4.78, 5) is 11.7. The van der Waals surface area contributed by atoms with E-state index in [4.69, 9.17) is 11.6 Å². The first-order valence-electron chi connectivity index (χ1n) is 6.32. The van der Waals surface area contributed by atoms with Gasteiger partial charge in [-0.2, -0.15) is 0 Å². The summed E-state index contributed by atoms with van der Waals surface area (Å²) in [6.45, 7) is 6.36. The first-order chi connectivity index (χ1) is 8.02. The van der Waals surface area contributed by atoms with Crippen molar-refractivity contribution in [2.75, 3.05) is 0 Å². The van der Waals surface area contributed by atoms with Crippen molar-refractivity contribution in [2.24, 2.45) is 5.92 Å². The molecule has 1 rings (SSSR count). The van der Waals surface area contributed by atoms with Crippen molar-refractivity contribution in [1.29, 1.82) is 0 Å². The highest BCUT2D eigenvalue weighted by atomic mass is 35.5. The van der Waals surface area contributed by atoms with E-state index >= 15 is 0 Å². The van der Waals surface area contributed by atoms with Crippen molar-refractivity contribution in [3.63, 3.8) is 0 Å². The van der Waals surface area contributed by atoms with Gasteiger partial charge < -0.3 is 0 Å². The molecule has 0 heterocycles. The third-order valence-corrected chi connectivity index (χ3v) is 3.25. The Kier molecular flexibility index (Phi) is 5.70. The minimum Gasteiger partial charge on any atom is -0.299 e. The Morgan fingerprint density at radius 1 is 1.35 bits per heavy atom. The lowest BCUT2D eigenvalue weighted by molar-refractivity contribution is -0.118. The van der Waals surface area contributed by atoms with Crippen LogP contribution in [0.3, 0.4) is 0 Å². The largest absolute Gasteiger partial charge is 0.299 e. The maximum Gasteiger partial charge on any atom is 0.137 e. The second-order valence-electron chi connectivity index (χ2n) is 4.93. The Labute approximate surface area is 109 Å². The SMILES string of the molecule is CCc1ccc(CC(=O)CCC(C)C)cc1Cl. The third kappa shape index (κ3) is 4.91. The van der Waals surface area contributed by atoms with Gasteiger partial charge in [-0.25, -0.2) is 0 Å². The predicted molar refractivity (Wildman–Crippen MR) is 73.6 cm³/mol. The van der Waals surface area contributed by atoms with Crippen LogP contribution in [0.15, 0.2) is 18.2 Å². The van der Waals surface area contributed by atoms with E-state index in [9.17, 15) is 4.79 Å². The normalized spacial score (nSPS) is 10.9. The average Bonchev–Trinajstić information content (AvgIpc) is 2.26. The number of benzene rings is 1. The van der Waals surface area contributed by atoms with Gasteiger partial charge in [-0.15, -0.1) is 0 Å². The zero-order valence-corrected chi connectivity index (χ0v) is 11.7. The molecule has 0 N–H and O–H groups in total. The number of carbonyl (C=O) groups is 1. The van der Waals surface area contributed by atoms with E-state index in [2.05, 4.69) is 20.8 Å². The van der Waals surface area contributed by atoms with Gasteiger partial charge in [0.25, 0.3) is 0 Å². The highest BCUT2D eigenvalue weighted by Crippen LogP contribution is 2.19. The summed E-state index contributed by atoms with van der Waals surface area (Å²) < 4.78 is 0. The number of aryl methyl sites for hydroxylation is 1. The molecule has 0 fully saturated rings. The Balaban J connectivity index is 2.57. The summed E-state index contributed by atoms with van der Waals surface area (Å²) in [5, 5.41) is 0.779. The number of ketones is 1. The molecular weight excluding hydrogens is 232 g/mol. The maximum absolute atomic E-state index is 11.7. The zero-order chi connectivity index (χ0) is 12.8. The molecule has 17 heavy (non-hydrogen) atoms. The molecule has 0 aliphatic carbocycles. The van der Waals surface area contributed by atoms with Gasteiger partial charge in [-0.3, -0.25) is 4.79 Å². The van der Waals surface area contributed by atoms with Crippen LogP contribution in [0.25, 0.3) is 0 Å². The van der Waals surface area contributed by atoms with Crippen LogP contribution in [0.5, 0.6) is 0 Å². The minimum atomic E-state index is 0.305. The summed E-state index contributed by atoms with van der Waals surface area (Å²) in [6, 6.07) is 5.96. The number of Topliss-reactive ketones (excluding diaryl/α,β-unsaturated/α-hetero) is 1. The van der Waals surface area contributed by atoms with Gasteiger partial charge in [0.05, 0.1) is 0 Å². The van der Waals surface area contributed by atoms with Crippen molar-refractivity contribution in [2.45, 2.75) is 46.5 Å². The van der Waals surface area contributed by atoms with E-state index in [1.165, 1.54) is 0 Å². The second kappa shape index (κ2) is 6.80. The van der Waals surface area contributed by atoms with Gasteiger partial charge in [0, 0.05) is 17.9 Å². The van der Waals surface area contributed by atoms with Crippen LogP contribution in [-0.2, 0) is 17.6 Å². The van der Waals surface area contributed by atoms with Gasteiger partial charge in [0.15, 0.2) is 0 Å². The molecule has 2 heteroatoms. The number of halogens is 1.